The third-order valence-corrected chi connectivity index (χ3v) is 5.91. The largest absolute Gasteiger partial charge is 0.368 e. The summed E-state index contributed by atoms with van der Waals surface area (Å²) in [5.74, 6) is -0.586. The van der Waals surface area contributed by atoms with Crippen LogP contribution in [0.2, 0.25) is 0 Å². The SMILES string of the molecule is Cc1ccc(-c2ccc(=O)n(Cc3noc(C(=O)N4CCN(c5ccc(F)cc5)CC4)n3)n2)cc1. The van der Waals surface area contributed by atoms with Gasteiger partial charge >= 0.3 is 11.8 Å². The number of piperazine rings is 1. The Morgan fingerprint density at radius 1 is 0.971 bits per heavy atom. The van der Waals surface area contributed by atoms with E-state index >= 15 is 0 Å². The number of rotatable bonds is 5. The number of amides is 1. The molecule has 1 saturated heterocycles. The maximum absolute atomic E-state index is 13.2. The van der Waals surface area contributed by atoms with E-state index in [0.717, 1.165) is 16.8 Å². The molecule has 1 aliphatic rings. The average Bonchev–Trinajstić information content (AvgIpc) is 3.35. The number of hydrogen-bond acceptors (Lipinski definition) is 7. The number of aryl methyl sites for hydroxylation is 1. The topological polar surface area (TPSA) is 97.4 Å². The fourth-order valence-electron chi connectivity index (χ4n) is 3.93. The van der Waals surface area contributed by atoms with E-state index in [-0.39, 0.29) is 35.5 Å². The molecule has 0 spiro atoms. The van der Waals surface area contributed by atoms with Crippen molar-refractivity contribution in [3.8, 4) is 11.3 Å². The molecule has 0 radical (unpaired) electrons. The van der Waals surface area contributed by atoms with Crippen molar-refractivity contribution in [2.75, 3.05) is 31.1 Å². The Kier molecular flexibility index (Phi) is 6.09. The summed E-state index contributed by atoms with van der Waals surface area (Å²) in [5.41, 5.74) is 3.25. The van der Waals surface area contributed by atoms with Gasteiger partial charge in [0.25, 0.3) is 5.56 Å². The van der Waals surface area contributed by atoms with Crippen molar-refractivity contribution in [1.29, 1.82) is 0 Å². The molecule has 0 unspecified atom stereocenters. The second-order valence-corrected chi connectivity index (χ2v) is 8.35. The van der Waals surface area contributed by atoms with Crippen LogP contribution in [0.5, 0.6) is 0 Å². The average molecular weight is 474 g/mol. The number of carbonyl (C=O) groups is 1. The quantitative estimate of drug-likeness (QED) is 0.439. The van der Waals surface area contributed by atoms with Crippen molar-refractivity contribution >= 4 is 11.6 Å². The van der Waals surface area contributed by atoms with Crippen LogP contribution in [0, 0.1) is 12.7 Å². The van der Waals surface area contributed by atoms with E-state index in [9.17, 15) is 14.0 Å². The van der Waals surface area contributed by atoms with Crippen LogP contribution in [0.25, 0.3) is 11.3 Å². The molecule has 4 aromatic rings. The zero-order chi connectivity index (χ0) is 24.4. The third kappa shape index (κ3) is 4.96. The lowest BCUT2D eigenvalue weighted by Gasteiger charge is -2.35. The summed E-state index contributed by atoms with van der Waals surface area (Å²) in [6.45, 7) is 4.11. The number of anilines is 1. The van der Waals surface area contributed by atoms with Crippen LogP contribution >= 0.6 is 0 Å². The highest BCUT2D eigenvalue weighted by Crippen LogP contribution is 2.18. The van der Waals surface area contributed by atoms with Crippen molar-refractivity contribution in [3.05, 3.63) is 94.1 Å². The first-order valence-corrected chi connectivity index (χ1v) is 11.2. The Morgan fingerprint density at radius 2 is 1.69 bits per heavy atom. The summed E-state index contributed by atoms with van der Waals surface area (Å²) < 4.78 is 19.6. The molecule has 3 heterocycles. The Bertz CT molecular complexity index is 1390. The lowest BCUT2D eigenvalue weighted by atomic mass is 10.1. The van der Waals surface area contributed by atoms with Gasteiger partial charge in [0.2, 0.25) is 0 Å². The molecule has 2 aromatic heterocycles. The lowest BCUT2D eigenvalue weighted by Crippen LogP contribution is -2.48. The molecule has 5 rings (SSSR count). The van der Waals surface area contributed by atoms with Crippen LogP contribution < -0.4 is 10.5 Å². The predicted molar refractivity (Wildman–Crippen MR) is 127 cm³/mol. The van der Waals surface area contributed by atoms with Crippen LogP contribution in [0.4, 0.5) is 10.1 Å². The minimum Gasteiger partial charge on any atom is -0.368 e. The van der Waals surface area contributed by atoms with Gasteiger partial charge in [-0.2, -0.15) is 10.1 Å². The fourth-order valence-corrected chi connectivity index (χ4v) is 3.93. The van der Waals surface area contributed by atoms with Gasteiger partial charge in [-0.3, -0.25) is 9.59 Å². The lowest BCUT2D eigenvalue weighted by molar-refractivity contribution is 0.0696. The summed E-state index contributed by atoms with van der Waals surface area (Å²) in [7, 11) is 0. The van der Waals surface area contributed by atoms with Crippen molar-refractivity contribution in [2.45, 2.75) is 13.5 Å². The summed E-state index contributed by atoms with van der Waals surface area (Å²) in [5, 5.41) is 8.29. The molecule has 35 heavy (non-hydrogen) atoms. The van der Waals surface area contributed by atoms with E-state index in [0.29, 0.717) is 31.9 Å². The smallest absolute Gasteiger partial charge is 0.316 e. The molecule has 10 heteroatoms. The van der Waals surface area contributed by atoms with Gasteiger partial charge < -0.3 is 14.3 Å². The molecule has 2 aromatic carbocycles. The van der Waals surface area contributed by atoms with Gasteiger partial charge in [-0.25, -0.2) is 9.07 Å². The first-order chi connectivity index (χ1) is 17.0. The van der Waals surface area contributed by atoms with Gasteiger partial charge in [-0.05, 0) is 37.3 Å². The van der Waals surface area contributed by atoms with E-state index in [4.69, 9.17) is 4.52 Å². The van der Waals surface area contributed by atoms with Gasteiger partial charge in [-0.1, -0.05) is 35.0 Å². The minimum absolute atomic E-state index is 0.0202. The van der Waals surface area contributed by atoms with Crippen molar-refractivity contribution in [2.24, 2.45) is 0 Å². The molecule has 1 fully saturated rings. The predicted octanol–water partition coefficient (Wildman–Crippen LogP) is 2.75. The summed E-state index contributed by atoms with van der Waals surface area (Å²) >= 11 is 0. The zero-order valence-corrected chi connectivity index (χ0v) is 19.1. The Labute approximate surface area is 200 Å². The third-order valence-electron chi connectivity index (χ3n) is 5.91. The monoisotopic (exact) mass is 474 g/mol. The highest BCUT2D eigenvalue weighted by molar-refractivity contribution is 5.89. The highest BCUT2D eigenvalue weighted by atomic mass is 19.1. The van der Waals surface area contributed by atoms with Gasteiger partial charge in [0.1, 0.15) is 12.4 Å². The van der Waals surface area contributed by atoms with Crippen molar-refractivity contribution in [1.82, 2.24) is 24.8 Å². The normalized spacial score (nSPS) is 13.8. The summed E-state index contributed by atoms with van der Waals surface area (Å²) in [6.07, 6.45) is 0. The Hall–Kier alpha value is -4.34. The van der Waals surface area contributed by atoms with Crippen LogP contribution in [0.1, 0.15) is 22.1 Å². The standard InChI is InChI=1S/C25H23FN6O3/c1-17-2-4-18(5-3-17)21-10-11-23(33)32(28-21)16-22-27-24(35-29-22)25(34)31-14-12-30(13-15-31)20-8-6-19(26)7-9-20/h2-11H,12-16H2,1H3. The van der Waals surface area contributed by atoms with Gasteiger partial charge in [0.05, 0.1) is 5.69 Å². The van der Waals surface area contributed by atoms with E-state index in [2.05, 4.69) is 20.1 Å². The molecule has 0 atom stereocenters. The molecule has 1 aliphatic heterocycles. The summed E-state index contributed by atoms with van der Waals surface area (Å²) in [4.78, 5) is 33.1. The zero-order valence-electron chi connectivity index (χ0n) is 19.1. The molecule has 0 aliphatic carbocycles. The van der Waals surface area contributed by atoms with E-state index < -0.39 is 0 Å². The molecule has 9 nitrogen and oxygen atoms in total. The number of aromatic nitrogens is 4. The Balaban J connectivity index is 1.24. The van der Waals surface area contributed by atoms with E-state index in [1.54, 1.807) is 23.1 Å². The maximum atomic E-state index is 13.2. The van der Waals surface area contributed by atoms with Gasteiger partial charge in [-0.15, -0.1) is 0 Å². The number of carbonyl (C=O) groups excluding carboxylic acids is 1. The second-order valence-electron chi connectivity index (χ2n) is 8.35. The molecular weight excluding hydrogens is 451 g/mol. The minimum atomic E-state index is -0.365. The molecular formula is C25H23FN6O3. The van der Waals surface area contributed by atoms with Gasteiger partial charge in [0.15, 0.2) is 5.82 Å². The van der Waals surface area contributed by atoms with Crippen molar-refractivity contribution in [3.63, 3.8) is 0 Å². The van der Waals surface area contributed by atoms with Crippen molar-refractivity contribution < 1.29 is 13.7 Å². The van der Waals surface area contributed by atoms with Gasteiger partial charge in [0, 0.05) is 43.5 Å². The number of nitrogens with zero attached hydrogens (tertiary/aromatic N) is 6. The van der Waals surface area contributed by atoms with E-state index in [1.165, 1.54) is 22.9 Å². The number of hydrogen-bond donors (Lipinski definition) is 0. The Morgan fingerprint density at radius 3 is 2.40 bits per heavy atom. The van der Waals surface area contributed by atoms with Crippen LogP contribution in [-0.4, -0.2) is 56.9 Å². The molecule has 0 bridgehead atoms. The first-order valence-electron chi connectivity index (χ1n) is 11.2. The number of halogens is 1. The number of benzene rings is 2. The van der Waals surface area contributed by atoms with Crippen LogP contribution in [0.3, 0.4) is 0 Å². The second kappa shape index (κ2) is 9.49. The van der Waals surface area contributed by atoms with Crippen LogP contribution in [0.15, 0.2) is 70.0 Å². The van der Waals surface area contributed by atoms with E-state index in [1.807, 2.05) is 31.2 Å². The molecule has 1 amide bonds. The van der Waals surface area contributed by atoms with Crippen LogP contribution in [-0.2, 0) is 6.54 Å². The maximum Gasteiger partial charge on any atom is 0.316 e. The summed E-state index contributed by atoms with van der Waals surface area (Å²) in [6, 6.07) is 17.2. The first kappa shape index (κ1) is 22.5. The molecule has 0 N–H and O–H groups in total. The fraction of sp³-hybridized carbons (Fsp3) is 0.240. The molecule has 0 saturated carbocycles. The highest BCUT2D eigenvalue weighted by Gasteiger charge is 2.26. The molecule has 178 valence electrons.